The quantitative estimate of drug-likeness (QED) is 0.828. The molecule has 0 aromatic carbocycles. The first-order valence-electron chi connectivity index (χ1n) is 6.77. The summed E-state index contributed by atoms with van der Waals surface area (Å²) < 4.78 is 12.1. The van der Waals surface area contributed by atoms with Gasteiger partial charge >= 0.3 is 0 Å². The first-order chi connectivity index (χ1) is 10.1. The number of carbonyl (C=O) groups excluding carboxylic acids is 1. The lowest BCUT2D eigenvalue weighted by atomic mass is 10.2. The van der Waals surface area contributed by atoms with Crippen LogP contribution in [0.1, 0.15) is 24.5 Å². The molecule has 0 N–H and O–H groups in total. The van der Waals surface area contributed by atoms with Crippen LogP contribution in [0.4, 0.5) is 0 Å². The van der Waals surface area contributed by atoms with Gasteiger partial charge in [0.25, 0.3) is 0 Å². The third kappa shape index (κ3) is 2.31. The van der Waals surface area contributed by atoms with Gasteiger partial charge in [0.15, 0.2) is 5.82 Å². The van der Waals surface area contributed by atoms with E-state index in [1.165, 1.54) is 0 Å². The summed E-state index contributed by atoms with van der Waals surface area (Å²) in [7, 11) is 1.62. The molecule has 1 atom stereocenters. The van der Waals surface area contributed by atoms with Crippen molar-refractivity contribution in [3.63, 3.8) is 0 Å². The van der Waals surface area contributed by atoms with Gasteiger partial charge in [-0.2, -0.15) is 0 Å². The largest absolute Gasteiger partial charge is 0.383 e. The average molecular weight is 291 g/mol. The van der Waals surface area contributed by atoms with Crippen molar-refractivity contribution < 1.29 is 14.1 Å². The van der Waals surface area contributed by atoms with Crippen LogP contribution in [-0.4, -0.2) is 51.0 Å². The SMILES string of the molecule is COCCN1Cc2nnc(-c3cc(C)no3)n2[C@@H](C)C1=O. The van der Waals surface area contributed by atoms with Crippen LogP contribution in [-0.2, 0) is 16.1 Å². The number of aryl methyl sites for hydroxylation is 1. The molecule has 1 amide bonds. The van der Waals surface area contributed by atoms with Crippen LogP contribution in [0.15, 0.2) is 10.6 Å². The Kier molecular flexibility index (Phi) is 3.46. The standard InChI is InChI=1S/C13H17N5O3/c1-8-6-10(21-16-8)12-15-14-11-7-17(4-5-20-3)13(19)9(2)18(11)12/h6,9H,4-5,7H2,1-3H3/t9-/m0/s1. The molecule has 0 unspecified atom stereocenters. The molecule has 0 aliphatic carbocycles. The molecule has 3 rings (SSSR count). The second kappa shape index (κ2) is 5.28. The van der Waals surface area contributed by atoms with Crippen LogP contribution in [0.25, 0.3) is 11.6 Å². The van der Waals surface area contributed by atoms with E-state index in [1.807, 2.05) is 18.4 Å². The van der Waals surface area contributed by atoms with E-state index >= 15 is 0 Å². The molecule has 2 aromatic rings. The number of hydrogen-bond acceptors (Lipinski definition) is 6. The molecular formula is C13H17N5O3. The highest BCUT2D eigenvalue weighted by atomic mass is 16.5. The van der Waals surface area contributed by atoms with Crippen molar-refractivity contribution in [2.75, 3.05) is 20.3 Å². The van der Waals surface area contributed by atoms with Gasteiger partial charge in [-0.15, -0.1) is 10.2 Å². The summed E-state index contributed by atoms with van der Waals surface area (Å²) in [5, 5.41) is 12.2. The second-order valence-corrected chi connectivity index (χ2v) is 5.07. The Bertz CT molecular complexity index is 663. The molecule has 1 aliphatic heterocycles. The lowest BCUT2D eigenvalue weighted by Gasteiger charge is -2.31. The molecule has 3 heterocycles. The Balaban J connectivity index is 1.95. The van der Waals surface area contributed by atoms with Crippen LogP contribution >= 0.6 is 0 Å². The summed E-state index contributed by atoms with van der Waals surface area (Å²) in [6.07, 6.45) is 0. The number of amides is 1. The lowest BCUT2D eigenvalue weighted by Crippen LogP contribution is -2.43. The topological polar surface area (TPSA) is 86.3 Å². The number of carbonyl (C=O) groups is 1. The fraction of sp³-hybridized carbons (Fsp3) is 0.538. The molecule has 0 saturated heterocycles. The van der Waals surface area contributed by atoms with E-state index in [0.29, 0.717) is 31.3 Å². The maximum atomic E-state index is 12.4. The number of ether oxygens (including phenoxy) is 1. The van der Waals surface area contributed by atoms with Crippen molar-refractivity contribution >= 4 is 5.91 Å². The van der Waals surface area contributed by atoms with Crippen LogP contribution in [0, 0.1) is 6.92 Å². The third-order valence-corrected chi connectivity index (χ3v) is 3.57. The maximum Gasteiger partial charge on any atom is 0.245 e. The van der Waals surface area contributed by atoms with Crippen molar-refractivity contribution in [2.45, 2.75) is 26.4 Å². The fourth-order valence-corrected chi connectivity index (χ4v) is 2.49. The van der Waals surface area contributed by atoms with E-state index < -0.39 is 0 Å². The van der Waals surface area contributed by atoms with Crippen LogP contribution in [0.5, 0.6) is 0 Å². The number of hydrogen-bond donors (Lipinski definition) is 0. The molecule has 0 fully saturated rings. The third-order valence-electron chi connectivity index (χ3n) is 3.57. The van der Waals surface area contributed by atoms with Gasteiger partial charge in [0.05, 0.1) is 18.8 Å². The molecule has 0 saturated carbocycles. The highest BCUT2D eigenvalue weighted by Gasteiger charge is 2.34. The zero-order valence-electron chi connectivity index (χ0n) is 12.2. The highest BCUT2D eigenvalue weighted by molar-refractivity contribution is 5.81. The predicted octanol–water partition coefficient (Wildman–Crippen LogP) is 0.791. The van der Waals surface area contributed by atoms with Gasteiger partial charge in [0.1, 0.15) is 6.04 Å². The molecule has 1 aliphatic rings. The van der Waals surface area contributed by atoms with Crippen molar-refractivity contribution in [1.82, 2.24) is 24.8 Å². The zero-order valence-corrected chi connectivity index (χ0v) is 12.2. The Morgan fingerprint density at radius 3 is 2.95 bits per heavy atom. The first kappa shape index (κ1) is 13.7. The smallest absolute Gasteiger partial charge is 0.245 e. The molecule has 0 spiro atoms. The predicted molar refractivity (Wildman–Crippen MR) is 72.3 cm³/mol. The van der Waals surface area contributed by atoms with Gasteiger partial charge in [-0.3, -0.25) is 9.36 Å². The molecular weight excluding hydrogens is 274 g/mol. The van der Waals surface area contributed by atoms with Gasteiger partial charge in [-0.25, -0.2) is 0 Å². The summed E-state index contributed by atoms with van der Waals surface area (Å²) in [6, 6.07) is 1.41. The van der Waals surface area contributed by atoms with Gasteiger partial charge in [-0.05, 0) is 13.8 Å². The van der Waals surface area contributed by atoms with Gasteiger partial charge in [-0.1, -0.05) is 5.16 Å². The van der Waals surface area contributed by atoms with E-state index in [2.05, 4.69) is 15.4 Å². The lowest BCUT2D eigenvalue weighted by molar-refractivity contribution is -0.137. The van der Waals surface area contributed by atoms with E-state index in [4.69, 9.17) is 9.26 Å². The van der Waals surface area contributed by atoms with E-state index in [-0.39, 0.29) is 11.9 Å². The van der Waals surface area contributed by atoms with Crippen molar-refractivity contribution in [1.29, 1.82) is 0 Å². The van der Waals surface area contributed by atoms with Crippen LogP contribution < -0.4 is 0 Å². The summed E-state index contributed by atoms with van der Waals surface area (Å²) in [5.74, 6) is 1.83. The van der Waals surface area contributed by atoms with E-state index in [0.717, 1.165) is 11.5 Å². The maximum absolute atomic E-state index is 12.4. The number of aromatic nitrogens is 4. The molecule has 2 aromatic heterocycles. The minimum Gasteiger partial charge on any atom is -0.383 e. The molecule has 8 nitrogen and oxygen atoms in total. The number of methoxy groups -OCH3 is 1. The Labute approximate surface area is 121 Å². The fourth-order valence-electron chi connectivity index (χ4n) is 2.49. The zero-order chi connectivity index (χ0) is 15.0. The monoisotopic (exact) mass is 291 g/mol. The molecule has 21 heavy (non-hydrogen) atoms. The Morgan fingerprint density at radius 2 is 2.29 bits per heavy atom. The van der Waals surface area contributed by atoms with Gasteiger partial charge in [0, 0.05) is 19.7 Å². The molecule has 112 valence electrons. The number of nitrogens with zero attached hydrogens (tertiary/aromatic N) is 5. The summed E-state index contributed by atoms with van der Waals surface area (Å²) in [4.78, 5) is 14.2. The molecule has 8 heteroatoms. The van der Waals surface area contributed by atoms with E-state index in [9.17, 15) is 4.79 Å². The van der Waals surface area contributed by atoms with Crippen LogP contribution in [0.2, 0.25) is 0 Å². The average Bonchev–Trinajstić information content (AvgIpc) is 3.07. The molecule has 0 radical (unpaired) electrons. The Morgan fingerprint density at radius 1 is 1.48 bits per heavy atom. The van der Waals surface area contributed by atoms with Crippen molar-refractivity contribution in [3.8, 4) is 11.6 Å². The normalized spacial score (nSPS) is 18.1. The van der Waals surface area contributed by atoms with E-state index in [1.54, 1.807) is 18.1 Å². The van der Waals surface area contributed by atoms with Crippen molar-refractivity contribution in [2.24, 2.45) is 0 Å². The second-order valence-electron chi connectivity index (χ2n) is 5.07. The van der Waals surface area contributed by atoms with Crippen molar-refractivity contribution in [3.05, 3.63) is 17.6 Å². The number of fused-ring (bicyclic) bond motifs is 1. The summed E-state index contributed by atoms with van der Waals surface area (Å²) in [5.41, 5.74) is 0.763. The van der Waals surface area contributed by atoms with Gasteiger partial charge in [0.2, 0.25) is 17.5 Å². The minimum atomic E-state index is -0.374. The first-order valence-corrected chi connectivity index (χ1v) is 6.77. The van der Waals surface area contributed by atoms with Crippen LogP contribution in [0.3, 0.4) is 0 Å². The molecule has 0 bridgehead atoms. The minimum absolute atomic E-state index is 0.0248. The summed E-state index contributed by atoms with van der Waals surface area (Å²) in [6.45, 7) is 5.14. The summed E-state index contributed by atoms with van der Waals surface area (Å²) >= 11 is 0. The Hall–Kier alpha value is -2.22. The highest BCUT2D eigenvalue weighted by Crippen LogP contribution is 2.28. The number of rotatable bonds is 4. The van der Waals surface area contributed by atoms with Gasteiger partial charge < -0.3 is 14.2 Å².